The number of aryl methyl sites for hydroxylation is 3. The molecular weight excluding hydrogens is 290 g/mol. The zero-order valence-corrected chi connectivity index (χ0v) is 14.3. The molecule has 4 nitrogen and oxygen atoms in total. The first-order valence-corrected chi connectivity index (χ1v) is 8.08. The van der Waals surface area contributed by atoms with Crippen LogP contribution >= 0.6 is 0 Å². The number of hydrogen-bond acceptors (Lipinski definition) is 4. The molecule has 1 atom stereocenters. The highest BCUT2D eigenvalue weighted by molar-refractivity contribution is 5.95. The summed E-state index contributed by atoms with van der Waals surface area (Å²) >= 11 is 0. The van der Waals surface area contributed by atoms with E-state index in [9.17, 15) is 9.90 Å². The van der Waals surface area contributed by atoms with Gasteiger partial charge in [-0.2, -0.15) is 0 Å². The van der Waals surface area contributed by atoms with Crippen LogP contribution in [-0.2, 0) is 9.53 Å². The molecular formula is C19H25NO3. The summed E-state index contributed by atoms with van der Waals surface area (Å²) in [6.45, 7) is 9.01. The van der Waals surface area contributed by atoms with Gasteiger partial charge in [-0.15, -0.1) is 0 Å². The second-order valence-electron chi connectivity index (χ2n) is 6.11. The third kappa shape index (κ3) is 4.01. The van der Waals surface area contributed by atoms with E-state index in [1.54, 1.807) is 6.21 Å². The van der Waals surface area contributed by atoms with Gasteiger partial charge in [0, 0.05) is 25.6 Å². The average Bonchev–Trinajstić information content (AvgIpc) is 2.44. The van der Waals surface area contributed by atoms with Crippen LogP contribution in [0.4, 0.5) is 0 Å². The van der Waals surface area contributed by atoms with E-state index in [0.29, 0.717) is 19.4 Å². The number of Topliss-reactive ketones (excluding diaryl/α,β-unsaturated/α-hetero) is 1. The molecule has 1 aromatic carbocycles. The molecule has 1 N–H and O–H groups in total. The van der Waals surface area contributed by atoms with Gasteiger partial charge in [0.2, 0.25) is 5.78 Å². The van der Waals surface area contributed by atoms with Gasteiger partial charge in [0.15, 0.2) is 5.76 Å². The van der Waals surface area contributed by atoms with Crippen molar-refractivity contribution in [3.05, 3.63) is 45.9 Å². The molecule has 1 aromatic rings. The van der Waals surface area contributed by atoms with Crippen molar-refractivity contribution >= 4 is 12.0 Å². The van der Waals surface area contributed by atoms with Crippen LogP contribution in [0, 0.1) is 20.8 Å². The Morgan fingerprint density at radius 3 is 2.48 bits per heavy atom. The number of rotatable bonds is 5. The summed E-state index contributed by atoms with van der Waals surface area (Å²) in [4.78, 5) is 16.4. The molecule has 4 heteroatoms. The summed E-state index contributed by atoms with van der Waals surface area (Å²) < 4.78 is 5.40. The summed E-state index contributed by atoms with van der Waals surface area (Å²) in [6, 6.07) is 4.25. The van der Waals surface area contributed by atoms with Crippen molar-refractivity contribution in [3.8, 4) is 0 Å². The van der Waals surface area contributed by atoms with Gasteiger partial charge in [0.05, 0.1) is 0 Å². The largest absolute Gasteiger partial charge is 0.508 e. The fourth-order valence-electron chi connectivity index (χ4n) is 3.38. The molecule has 1 aliphatic carbocycles. The van der Waals surface area contributed by atoms with Gasteiger partial charge in [-0.1, -0.05) is 17.7 Å². The third-order valence-electron chi connectivity index (χ3n) is 4.15. The summed E-state index contributed by atoms with van der Waals surface area (Å²) in [5.41, 5.74) is 4.73. The van der Waals surface area contributed by atoms with Crippen molar-refractivity contribution < 1.29 is 14.6 Å². The van der Waals surface area contributed by atoms with Crippen molar-refractivity contribution in [1.29, 1.82) is 0 Å². The first-order valence-electron chi connectivity index (χ1n) is 8.08. The number of aliphatic hydroxyl groups is 1. The van der Waals surface area contributed by atoms with Crippen molar-refractivity contribution in [2.45, 2.75) is 46.5 Å². The van der Waals surface area contributed by atoms with Gasteiger partial charge in [-0.25, -0.2) is 0 Å². The molecule has 1 unspecified atom stereocenters. The summed E-state index contributed by atoms with van der Waals surface area (Å²) in [6.07, 6.45) is 2.43. The molecule has 1 aliphatic rings. The Bertz CT molecular complexity index is 636. The van der Waals surface area contributed by atoms with E-state index in [1.807, 2.05) is 6.92 Å². The minimum atomic E-state index is -0.136. The van der Waals surface area contributed by atoms with Gasteiger partial charge in [-0.3, -0.25) is 9.79 Å². The molecule has 0 aromatic heterocycles. The molecule has 2 rings (SSSR count). The fourth-order valence-corrected chi connectivity index (χ4v) is 3.38. The maximum absolute atomic E-state index is 12.4. The molecule has 23 heavy (non-hydrogen) atoms. The van der Waals surface area contributed by atoms with Crippen molar-refractivity contribution in [1.82, 2.24) is 0 Å². The molecule has 0 bridgehead atoms. The Balaban J connectivity index is 2.20. The Morgan fingerprint density at radius 2 is 1.91 bits per heavy atom. The van der Waals surface area contributed by atoms with Crippen LogP contribution in [0.15, 0.2) is 28.6 Å². The van der Waals surface area contributed by atoms with Crippen LogP contribution in [0.2, 0.25) is 0 Å². The number of carbonyl (C=O) groups excluding carboxylic acids is 1. The van der Waals surface area contributed by atoms with Gasteiger partial charge in [-0.05, 0) is 50.3 Å². The predicted molar refractivity (Wildman–Crippen MR) is 92.3 cm³/mol. The Hall–Kier alpha value is -2.10. The molecule has 0 amide bonds. The highest BCUT2D eigenvalue weighted by Crippen LogP contribution is 2.37. The number of aliphatic imine (C=N–C) groups is 1. The normalized spacial score (nSPS) is 18.8. The molecule has 0 spiro atoms. The SMILES string of the molecule is CCN=CCOC1=C(O)CC(c2c(C)cc(C)cc2C)CC1=O. The molecule has 0 radical (unpaired) electrons. The van der Waals surface area contributed by atoms with E-state index >= 15 is 0 Å². The highest BCUT2D eigenvalue weighted by atomic mass is 16.5. The standard InChI is InChI=1S/C19H25NO3/c1-5-20-6-7-23-19-16(21)10-15(11-17(19)22)18-13(3)8-12(2)9-14(18)4/h6,8-9,15,21H,5,7,10-11H2,1-4H3. The molecule has 0 aliphatic heterocycles. The monoisotopic (exact) mass is 315 g/mol. The minimum Gasteiger partial charge on any atom is -0.508 e. The first-order chi connectivity index (χ1) is 10.9. The second kappa shape index (κ2) is 7.44. The fraction of sp³-hybridized carbons (Fsp3) is 0.474. The molecule has 0 heterocycles. The van der Waals surface area contributed by atoms with Crippen LogP contribution in [0.5, 0.6) is 0 Å². The Morgan fingerprint density at radius 1 is 1.26 bits per heavy atom. The van der Waals surface area contributed by atoms with E-state index in [-0.39, 0.29) is 29.8 Å². The maximum atomic E-state index is 12.4. The molecule has 124 valence electrons. The Kier molecular flexibility index (Phi) is 5.59. The topological polar surface area (TPSA) is 58.9 Å². The van der Waals surface area contributed by atoms with Crippen LogP contribution < -0.4 is 0 Å². The van der Waals surface area contributed by atoms with Crippen LogP contribution in [0.25, 0.3) is 0 Å². The second-order valence-corrected chi connectivity index (χ2v) is 6.11. The number of nitrogens with zero attached hydrogens (tertiary/aromatic N) is 1. The average molecular weight is 315 g/mol. The number of allylic oxidation sites excluding steroid dienone is 2. The zero-order chi connectivity index (χ0) is 17.0. The lowest BCUT2D eigenvalue weighted by Gasteiger charge is -2.26. The number of ketones is 1. The summed E-state index contributed by atoms with van der Waals surface area (Å²) in [7, 11) is 0. The summed E-state index contributed by atoms with van der Waals surface area (Å²) in [5, 5.41) is 10.3. The van der Waals surface area contributed by atoms with E-state index in [1.165, 1.54) is 22.3 Å². The van der Waals surface area contributed by atoms with E-state index < -0.39 is 0 Å². The number of ether oxygens (including phenoxy) is 1. The van der Waals surface area contributed by atoms with E-state index in [2.05, 4.69) is 37.9 Å². The Labute approximate surface area is 137 Å². The quantitative estimate of drug-likeness (QED) is 0.837. The van der Waals surface area contributed by atoms with Gasteiger partial charge >= 0.3 is 0 Å². The van der Waals surface area contributed by atoms with Gasteiger partial charge < -0.3 is 9.84 Å². The van der Waals surface area contributed by atoms with Crippen molar-refractivity contribution in [2.75, 3.05) is 13.2 Å². The zero-order valence-electron chi connectivity index (χ0n) is 14.3. The van der Waals surface area contributed by atoms with Crippen molar-refractivity contribution in [2.24, 2.45) is 4.99 Å². The smallest absolute Gasteiger partial charge is 0.201 e. The van der Waals surface area contributed by atoms with E-state index in [0.717, 1.165) is 0 Å². The first kappa shape index (κ1) is 17.3. The molecule has 0 saturated heterocycles. The van der Waals surface area contributed by atoms with E-state index in [4.69, 9.17) is 4.74 Å². The maximum Gasteiger partial charge on any atom is 0.201 e. The number of hydrogen-bond donors (Lipinski definition) is 1. The van der Waals surface area contributed by atoms with Gasteiger partial charge in [0.25, 0.3) is 0 Å². The minimum absolute atomic E-state index is 0.0137. The highest BCUT2D eigenvalue weighted by Gasteiger charge is 2.31. The number of aliphatic hydroxyl groups excluding tert-OH is 1. The predicted octanol–water partition coefficient (Wildman–Crippen LogP) is 3.94. The van der Waals surface area contributed by atoms with Crippen LogP contribution in [0.1, 0.15) is 47.9 Å². The van der Waals surface area contributed by atoms with Crippen LogP contribution in [0.3, 0.4) is 0 Å². The van der Waals surface area contributed by atoms with Crippen LogP contribution in [-0.4, -0.2) is 30.3 Å². The number of benzene rings is 1. The molecule has 0 fully saturated rings. The van der Waals surface area contributed by atoms with Gasteiger partial charge in [0.1, 0.15) is 12.4 Å². The molecule has 0 saturated carbocycles. The lowest BCUT2D eigenvalue weighted by atomic mass is 9.81. The van der Waals surface area contributed by atoms with Crippen molar-refractivity contribution in [3.63, 3.8) is 0 Å². The lowest BCUT2D eigenvalue weighted by molar-refractivity contribution is -0.120. The summed E-state index contributed by atoms with van der Waals surface area (Å²) in [5.74, 6) is 0.0320. The number of carbonyl (C=O) groups is 1. The lowest BCUT2D eigenvalue weighted by Crippen LogP contribution is -2.22. The third-order valence-corrected chi connectivity index (χ3v) is 4.15.